The van der Waals surface area contributed by atoms with Crippen molar-refractivity contribution in [3.8, 4) is 0 Å². The van der Waals surface area contributed by atoms with Gasteiger partial charge in [-0.25, -0.2) is 0 Å². The van der Waals surface area contributed by atoms with Crippen LogP contribution in [-0.2, 0) is 17.6 Å². The van der Waals surface area contributed by atoms with Gasteiger partial charge in [-0.05, 0) is 32.3 Å². The average molecular weight is 320 g/mol. The molecule has 0 spiro atoms. The SMILES string of the molecule is CN=C(NCC(=O)N(C)C)NC1CCc2cn(C(C)C)nc2C1. The number of nitrogens with zero attached hydrogens (tertiary/aromatic N) is 4. The van der Waals surface area contributed by atoms with Crippen LogP contribution in [-0.4, -0.2) is 60.3 Å². The summed E-state index contributed by atoms with van der Waals surface area (Å²) in [4.78, 5) is 17.4. The van der Waals surface area contributed by atoms with Gasteiger partial charge in [0.25, 0.3) is 0 Å². The molecule has 23 heavy (non-hydrogen) atoms. The third kappa shape index (κ3) is 4.46. The van der Waals surface area contributed by atoms with Crippen molar-refractivity contribution in [2.24, 2.45) is 4.99 Å². The van der Waals surface area contributed by atoms with Gasteiger partial charge in [-0.1, -0.05) is 0 Å². The van der Waals surface area contributed by atoms with Crippen molar-refractivity contribution in [2.45, 2.75) is 45.2 Å². The average Bonchev–Trinajstić information content (AvgIpc) is 2.94. The number of hydrogen-bond acceptors (Lipinski definition) is 3. The molecule has 1 atom stereocenters. The molecule has 0 aromatic carbocycles. The van der Waals surface area contributed by atoms with Crippen LogP contribution in [0.15, 0.2) is 11.2 Å². The zero-order valence-electron chi connectivity index (χ0n) is 14.8. The van der Waals surface area contributed by atoms with Gasteiger partial charge in [-0.2, -0.15) is 5.10 Å². The number of fused-ring (bicyclic) bond motifs is 1. The molecule has 0 radical (unpaired) electrons. The maximum atomic E-state index is 11.7. The topological polar surface area (TPSA) is 74.6 Å². The Bertz CT molecular complexity index is 575. The monoisotopic (exact) mass is 320 g/mol. The third-order valence-electron chi connectivity index (χ3n) is 4.10. The van der Waals surface area contributed by atoms with Crippen LogP contribution in [0.5, 0.6) is 0 Å². The Morgan fingerprint density at radius 1 is 1.52 bits per heavy atom. The zero-order chi connectivity index (χ0) is 17.0. The molecule has 1 unspecified atom stereocenters. The van der Waals surface area contributed by atoms with Gasteiger partial charge in [0.1, 0.15) is 0 Å². The summed E-state index contributed by atoms with van der Waals surface area (Å²) in [5, 5.41) is 11.2. The fraction of sp³-hybridized carbons (Fsp3) is 0.688. The van der Waals surface area contributed by atoms with E-state index in [1.807, 2.05) is 4.68 Å². The smallest absolute Gasteiger partial charge is 0.241 e. The van der Waals surface area contributed by atoms with Gasteiger partial charge in [0, 0.05) is 45.8 Å². The Hall–Kier alpha value is -2.05. The number of nitrogens with one attached hydrogen (secondary N) is 2. The first-order chi connectivity index (χ1) is 10.9. The van der Waals surface area contributed by atoms with Crippen molar-refractivity contribution < 1.29 is 4.79 Å². The highest BCUT2D eigenvalue weighted by Gasteiger charge is 2.23. The van der Waals surface area contributed by atoms with E-state index in [1.165, 1.54) is 11.3 Å². The van der Waals surface area contributed by atoms with E-state index in [9.17, 15) is 4.79 Å². The van der Waals surface area contributed by atoms with E-state index in [1.54, 1.807) is 26.0 Å². The normalized spacial score (nSPS) is 17.8. The van der Waals surface area contributed by atoms with Crippen LogP contribution in [0.1, 0.15) is 37.6 Å². The maximum Gasteiger partial charge on any atom is 0.241 e. The summed E-state index contributed by atoms with van der Waals surface area (Å²) in [5.41, 5.74) is 2.52. The first kappa shape index (κ1) is 17.3. The van der Waals surface area contributed by atoms with E-state index in [-0.39, 0.29) is 12.5 Å². The molecule has 7 nitrogen and oxygen atoms in total. The summed E-state index contributed by atoms with van der Waals surface area (Å²) in [6, 6.07) is 0.678. The number of aliphatic imine (C=N–C) groups is 1. The molecule has 1 aliphatic rings. The number of carbonyl (C=O) groups is 1. The minimum absolute atomic E-state index is 0.0227. The first-order valence-corrected chi connectivity index (χ1v) is 8.15. The number of aromatic nitrogens is 2. The Morgan fingerprint density at radius 2 is 2.26 bits per heavy atom. The molecule has 7 heteroatoms. The molecular weight excluding hydrogens is 292 g/mol. The molecule has 0 bridgehead atoms. The number of guanidine groups is 1. The van der Waals surface area contributed by atoms with E-state index in [2.05, 4.69) is 40.8 Å². The fourth-order valence-electron chi connectivity index (χ4n) is 2.61. The zero-order valence-corrected chi connectivity index (χ0v) is 14.8. The minimum Gasteiger partial charge on any atom is -0.353 e. The Balaban J connectivity index is 1.91. The number of carbonyl (C=O) groups excluding carboxylic acids is 1. The predicted octanol–water partition coefficient (Wildman–Crippen LogP) is 0.575. The molecule has 1 heterocycles. The lowest BCUT2D eigenvalue weighted by Crippen LogP contribution is -2.48. The molecule has 1 aromatic rings. The van der Waals surface area contributed by atoms with E-state index >= 15 is 0 Å². The van der Waals surface area contributed by atoms with Crippen LogP contribution in [0.3, 0.4) is 0 Å². The highest BCUT2D eigenvalue weighted by molar-refractivity contribution is 5.86. The molecular formula is C16H28N6O. The molecule has 2 rings (SSSR count). The van der Waals surface area contributed by atoms with Gasteiger partial charge in [0.2, 0.25) is 5.91 Å². The van der Waals surface area contributed by atoms with E-state index in [0.717, 1.165) is 19.3 Å². The molecule has 0 aliphatic heterocycles. The summed E-state index contributed by atoms with van der Waals surface area (Å²) in [7, 11) is 5.21. The van der Waals surface area contributed by atoms with E-state index < -0.39 is 0 Å². The van der Waals surface area contributed by atoms with E-state index in [0.29, 0.717) is 18.0 Å². The van der Waals surface area contributed by atoms with Crippen LogP contribution in [0.25, 0.3) is 0 Å². The van der Waals surface area contributed by atoms with Crippen molar-refractivity contribution in [3.05, 3.63) is 17.5 Å². The largest absolute Gasteiger partial charge is 0.353 e. The number of aryl methyl sites for hydroxylation is 1. The second-order valence-electron chi connectivity index (χ2n) is 6.47. The van der Waals surface area contributed by atoms with Gasteiger partial charge in [0.05, 0.1) is 12.2 Å². The quantitative estimate of drug-likeness (QED) is 0.628. The molecule has 1 aliphatic carbocycles. The summed E-state index contributed by atoms with van der Waals surface area (Å²) >= 11 is 0. The number of likely N-dealkylation sites (N-methyl/N-ethyl adjacent to an activating group) is 1. The van der Waals surface area contributed by atoms with Crippen molar-refractivity contribution in [1.29, 1.82) is 0 Å². The van der Waals surface area contributed by atoms with Crippen LogP contribution < -0.4 is 10.6 Å². The van der Waals surface area contributed by atoms with Crippen molar-refractivity contribution in [3.63, 3.8) is 0 Å². The number of hydrogen-bond donors (Lipinski definition) is 2. The van der Waals surface area contributed by atoms with Gasteiger partial charge >= 0.3 is 0 Å². The lowest BCUT2D eigenvalue weighted by atomic mass is 9.94. The van der Waals surface area contributed by atoms with Gasteiger partial charge in [-0.15, -0.1) is 0 Å². The molecule has 0 saturated heterocycles. The van der Waals surface area contributed by atoms with Crippen LogP contribution in [0.2, 0.25) is 0 Å². The minimum atomic E-state index is 0.0227. The van der Waals surface area contributed by atoms with Gasteiger partial charge < -0.3 is 15.5 Å². The van der Waals surface area contributed by atoms with Crippen molar-refractivity contribution >= 4 is 11.9 Å². The summed E-state index contributed by atoms with van der Waals surface area (Å²) in [6.07, 6.45) is 5.11. The molecule has 0 fully saturated rings. The Morgan fingerprint density at radius 3 is 2.87 bits per heavy atom. The lowest BCUT2D eigenvalue weighted by Gasteiger charge is -2.24. The lowest BCUT2D eigenvalue weighted by molar-refractivity contribution is -0.127. The highest BCUT2D eigenvalue weighted by Crippen LogP contribution is 2.21. The highest BCUT2D eigenvalue weighted by atomic mass is 16.2. The van der Waals surface area contributed by atoms with E-state index in [4.69, 9.17) is 0 Å². The Kier molecular flexibility index (Phi) is 5.63. The standard InChI is InChI=1S/C16H28N6O/c1-11(2)22-10-12-6-7-13(8-14(12)20-22)19-16(17-3)18-9-15(23)21(4)5/h10-11,13H,6-9H2,1-5H3,(H2,17,18,19). The van der Waals surface area contributed by atoms with Crippen LogP contribution in [0, 0.1) is 0 Å². The number of amides is 1. The maximum absolute atomic E-state index is 11.7. The summed E-state index contributed by atoms with van der Waals surface area (Å²) in [5.74, 6) is 0.687. The van der Waals surface area contributed by atoms with Crippen LogP contribution >= 0.6 is 0 Å². The van der Waals surface area contributed by atoms with Gasteiger partial charge in [-0.3, -0.25) is 14.5 Å². The third-order valence-corrected chi connectivity index (χ3v) is 4.10. The van der Waals surface area contributed by atoms with Crippen molar-refractivity contribution in [1.82, 2.24) is 25.3 Å². The Labute approximate surface area is 138 Å². The molecule has 128 valence electrons. The van der Waals surface area contributed by atoms with Gasteiger partial charge in [0.15, 0.2) is 5.96 Å². The van der Waals surface area contributed by atoms with Crippen LogP contribution in [0.4, 0.5) is 0 Å². The predicted molar refractivity (Wildman–Crippen MR) is 91.6 cm³/mol. The molecule has 1 aromatic heterocycles. The fourth-order valence-corrected chi connectivity index (χ4v) is 2.61. The second-order valence-corrected chi connectivity index (χ2v) is 6.47. The van der Waals surface area contributed by atoms with Crippen molar-refractivity contribution in [2.75, 3.05) is 27.7 Å². The second kappa shape index (κ2) is 7.48. The molecule has 2 N–H and O–H groups in total. The molecule has 0 saturated carbocycles. The summed E-state index contributed by atoms with van der Waals surface area (Å²) < 4.78 is 2.04. The number of rotatable bonds is 4. The first-order valence-electron chi connectivity index (χ1n) is 8.15. The summed E-state index contributed by atoms with van der Waals surface area (Å²) in [6.45, 7) is 4.52. The molecule has 1 amide bonds.